The molecule has 0 aliphatic rings. The van der Waals surface area contributed by atoms with Crippen LogP contribution in [0.5, 0.6) is 0 Å². The van der Waals surface area contributed by atoms with Crippen molar-refractivity contribution in [2.45, 2.75) is 27.7 Å². The summed E-state index contributed by atoms with van der Waals surface area (Å²) in [5.41, 5.74) is 2.56. The summed E-state index contributed by atoms with van der Waals surface area (Å²) in [5, 5.41) is 4.26. The standard InChI is InChI=1S/C16H23BrClN/c1-11(2)9-19-10-14(12(3)4)7-13-5-6-15(17)16(18)8-13/h5-8,11-12,19H,9-10H2,1-4H3/b14-7-. The second-order valence-electron chi connectivity index (χ2n) is 5.57. The van der Waals surface area contributed by atoms with Gasteiger partial charge in [-0.2, -0.15) is 0 Å². The fourth-order valence-electron chi connectivity index (χ4n) is 1.74. The van der Waals surface area contributed by atoms with Gasteiger partial charge >= 0.3 is 0 Å². The average molecular weight is 345 g/mol. The van der Waals surface area contributed by atoms with Gasteiger partial charge in [0.25, 0.3) is 0 Å². The van der Waals surface area contributed by atoms with Gasteiger partial charge in [0.2, 0.25) is 0 Å². The van der Waals surface area contributed by atoms with Crippen LogP contribution in [0.15, 0.2) is 28.2 Å². The molecule has 0 bridgehead atoms. The maximum Gasteiger partial charge on any atom is 0.0554 e. The van der Waals surface area contributed by atoms with Crippen LogP contribution in [0.3, 0.4) is 0 Å². The van der Waals surface area contributed by atoms with Crippen molar-refractivity contribution in [2.75, 3.05) is 13.1 Å². The summed E-state index contributed by atoms with van der Waals surface area (Å²) in [6, 6.07) is 6.07. The molecule has 106 valence electrons. The topological polar surface area (TPSA) is 12.0 Å². The second kappa shape index (κ2) is 8.08. The van der Waals surface area contributed by atoms with Gasteiger partial charge in [0.15, 0.2) is 0 Å². The zero-order valence-electron chi connectivity index (χ0n) is 12.1. The number of hydrogen-bond acceptors (Lipinski definition) is 1. The van der Waals surface area contributed by atoms with Gasteiger partial charge in [-0.05, 0) is 52.0 Å². The van der Waals surface area contributed by atoms with Crippen molar-refractivity contribution in [1.82, 2.24) is 5.32 Å². The highest BCUT2D eigenvalue weighted by Crippen LogP contribution is 2.25. The van der Waals surface area contributed by atoms with Gasteiger partial charge in [0, 0.05) is 11.0 Å². The SMILES string of the molecule is CC(C)CNC/C(=C/c1ccc(Br)c(Cl)c1)C(C)C. The predicted octanol–water partition coefficient (Wildman–Crippen LogP) is 5.39. The van der Waals surface area contributed by atoms with Crippen LogP contribution in [0.2, 0.25) is 5.02 Å². The summed E-state index contributed by atoms with van der Waals surface area (Å²) >= 11 is 9.55. The molecular formula is C16H23BrClN. The van der Waals surface area contributed by atoms with Crippen LogP contribution in [-0.4, -0.2) is 13.1 Å². The first-order valence-electron chi connectivity index (χ1n) is 6.76. The van der Waals surface area contributed by atoms with E-state index in [1.54, 1.807) is 0 Å². The summed E-state index contributed by atoms with van der Waals surface area (Å²) in [4.78, 5) is 0. The fourth-order valence-corrected chi connectivity index (χ4v) is 2.18. The van der Waals surface area contributed by atoms with Crippen LogP contribution in [0, 0.1) is 11.8 Å². The third-order valence-corrected chi connectivity index (χ3v) is 4.15. The zero-order valence-corrected chi connectivity index (χ0v) is 14.5. The minimum Gasteiger partial charge on any atom is -0.313 e. The summed E-state index contributed by atoms with van der Waals surface area (Å²) < 4.78 is 0.940. The lowest BCUT2D eigenvalue weighted by molar-refractivity contribution is 0.558. The van der Waals surface area contributed by atoms with Gasteiger partial charge in [-0.3, -0.25) is 0 Å². The molecule has 0 unspecified atom stereocenters. The second-order valence-corrected chi connectivity index (χ2v) is 6.83. The first kappa shape index (κ1) is 16.7. The smallest absolute Gasteiger partial charge is 0.0554 e. The molecule has 1 rings (SSSR count). The van der Waals surface area contributed by atoms with Crippen molar-refractivity contribution in [1.29, 1.82) is 0 Å². The van der Waals surface area contributed by atoms with Crippen LogP contribution in [0.4, 0.5) is 0 Å². The van der Waals surface area contributed by atoms with E-state index in [0.29, 0.717) is 11.8 Å². The maximum absolute atomic E-state index is 6.13. The number of benzene rings is 1. The van der Waals surface area contributed by atoms with E-state index in [9.17, 15) is 0 Å². The maximum atomic E-state index is 6.13. The molecule has 0 heterocycles. The number of hydrogen-bond donors (Lipinski definition) is 1. The van der Waals surface area contributed by atoms with Crippen molar-refractivity contribution >= 4 is 33.6 Å². The van der Waals surface area contributed by atoms with Crippen molar-refractivity contribution in [2.24, 2.45) is 11.8 Å². The number of halogens is 2. The average Bonchev–Trinajstić information content (AvgIpc) is 2.32. The molecule has 0 radical (unpaired) electrons. The van der Waals surface area contributed by atoms with E-state index >= 15 is 0 Å². The molecule has 3 heteroatoms. The lowest BCUT2D eigenvalue weighted by atomic mass is 10.00. The van der Waals surface area contributed by atoms with Crippen LogP contribution < -0.4 is 5.32 Å². The largest absolute Gasteiger partial charge is 0.313 e. The van der Waals surface area contributed by atoms with Gasteiger partial charge in [-0.25, -0.2) is 0 Å². The number of rotatable bonds is 6. The molecule has 1 nitrogen and oxygen atoms in total. The third kappa shape index (κ3) is 6.11. The highest BCUT2D eigenvalue weighted by Gasteiger charge is 2.05. The van der Waals surface area contributed by atoms with Crippen molar-refractivity contribution in [3.63, 3.8) is 0 Å². The van der Waals surface area contributed by atoms with E-state index in [1.807, 2.05) is 12.1 Å². The normalized spacial score (nSPS) is 12.5. The van der Waals surface area contributed by atoms with E-state index in [2.05, 4.69) is 61.1 Å². The first-order chi connectivity index (χ1) is 8.90. The Morgan fingerprint density at radius 1 is 1.32 bits per heavy atom. The van der Waals surface area contributed by atoms with Crippen LogP contribution in [-0.2, 0) is 0 Å². The van der Waals surface area contributed by atoms with E-state index < -0.39 is 0 Å². The molecule has 0 aromatic heterocycles. The monoisotopic (exact) mass is 343 g/mol. The van der Waals surface area contributed by atoms with Crippen molar-refractivity contribution in [3.8, 4) is 0 Å². The van der Waals surface area contributed by atoms with Crippen molar-refractivity contribution < 1.29 is 0 Å². The number of nitrogens with one attached hydrogen (secondary N) is 1. The molecule has 0 saturated heterocycles. The molecular weight excluding hydrogens is 322 g/mol. The Kier molecular flexibility index (Phi) is 7.12. The van der Waals surface area contributed by atoms with E-state index in [4.69, 9.17) is 11.6 Å². The zero-order chi connectivity index (χ0) is 14.4. The molecule has 1 aromatic carbocycles. The molecule has 1 N–H and O–H groups in total. The Balaban J connectivity index is 2.79. The highest BCUT2D eigenvalue weighted by molar-refractivity contribution is 9.10. The molecule has 0 saturated carbocycles. The Morgan fingerprint density at radius 2 is 2.00 bits per heavy atom. The Hall–Kier alpha value is -0.310. The summed E-state index contributed by atoms with van der Waals surface area (Å²) in [7, 11) is 0. The molecule has 0 spiro atoms. The van der Waals surface area contributed by atoms with Crippen LogP contribution in [0.1, 0.15) is 33.3 Å². The molecule has 0 aliphatic heterocycles. The minimum absolute atomic E-state index is 0.530. The van der Waals surface area contributed by atoms with E-state index in [1.165, 1.54) is 5.57 Å². The summed E-state index contributed by atoms with van der Waals surface area (Å²) in [6.45, 7) is 10.9. The van der Waals surface area contributed by atoms with Crippen molar-refractivity contribution in [3.05, 3.63) is 38.8 Å². The fraction of sp³-hybridized carbons (Fsp3) is 0.500. The van der Waals surface area contributed by atoms with Gasteiger partial charge in [-0.15, -0.1) is 0 Å². The third-order valence-electron chi connectivity index (χ3n) is 2.92. The molecule has 19 heavy (non-hydrogen) atoms. The Bertz CT molecular complexity index is 438. The highest BCUT2D eigenvalue weighted by atomic mass is 79.9. The quantitative estimate of drug-likeness (QED) is 0.729. The molecule has 0 fully saturated rings. The van der Waals surface area contributed by atoms with E-state index in [0.717, 1.165) is 28.1 Å². The van der Waals surface area contributed by atoms with E-state index in [-0.39, 0.29) is 0 Å². The Morgan fingerprint density at radius 3 is 2.53 bits per heavy atom. The Labute approximate surface area is 130 Å². The van der Waals surface area contributed by atoms with Gasteiger partial charge in [-0.1, -0.05) is 57.0 Å². The summed E-state index contributed by atoms with van der Waals surface area (Å²) in [5.74, 6) is 1.21. The van der Waals surface area contributed by atoms with Gasteiger partial charge in [0.1, 0.15) is 0 Å². The lowest BCUT2D eigenvalue weighted by Gasteiger charge is -2.14. The van der Waals surface area contributed by atoms with Crippen LogP contribution in [0.25, 0.3) is 6.08 Å². The molecule has 0 amide bonds. The molecule has 1 aromatic rings. The summed E-state index contributed by atoms with van der Waals surface area (Å²) in [6.07, 6.45) is 2.23. The lowest BCUT2D eigenvalue weighted by Crippen LogP contribution is -2.23. The van der Waals surface area contributed by atoms with Crippen LogP contribution >= 0.6 is 27.5 Å². The van der Waals surface area contributed by atoms with Gasteiger partial charge < -0.3 is 5.32 Å². The molecule has 0 aliphatic carbocycles. The predicted molar refractivity (Wildman–Crippen MR) is 89.7 cm³/mol. The minimum atomic E-state index is 0.530. The molecule has 0 atom stereocenters. The van der Waals surface area contributed by atoms with Gasteiger partial charge in [0.05, 0.1) is 5.02 Å². The first-order valence-corrected chi connectivity index (χ1v) is 7.93.